The molecule has 2 rings (SSSR count). The molecule has 0 spiro atoms. The van der Waals surface area contributed by atoms with Crippen LogP contribution in [0.25, 0.3) is 5.69 Å². The molecule has 2 aromatic rings. The highest BCUT2D eigenvalue weighted by Gasteiger charge is 2.16. The summed E-state index contributed by atoms with van der Waals surface area (Å²) in [5.41, 5.74) is 2.15. The minimum absolute atomic E-state index is 0.137. The van der Waals surface area contributed by atoms with Crippen molar-refractivity contribution in [1.29, 1.82) is 0 Å². The second-order valence-electron chi connectivity index (χ2n) is 4.99. The first-order valence-corrected chi connectivity index (χ1v) is 6.96. The summed E-state index contributed by atoms with van der Waals surface area (Å²) in [5.74, 6) is -0.190. The lowest BCUT2D eigenvalue weighted by Gasteiger charge is -2.15. The van der Waals surface area contributed by atoms with Crippen LogP contribution in [0.1, 0.15) is 22.8 Å². The zero-order valence-electron chi connectivity index (χ0n) is 12.9. The van der Waals surface area contributed by atoms with Crippen LogP contribution in [0.2, 0.25) is 0 Å². The molecule has 7 heteroatoms. The molecule has 0 unspecified atom stereocenters. The number of carbonyl (C=O) groups excluding carboxylic acids is 1. The Morgan fingerprint density at radius 3 is 2.77 bits per heavy atom. The van der Waals surface area contributed by atoms with Crippen LogP contribution in [0, 0.1) is 6.92 Å². The fourth-order valence-electron chi connectivity index (χ4n) is 2.00. The Bertz CT molecular complexity index is 613. The molecule has 0 aliphatic carbocycles. The highest BCUT2D eigenvalue weighted by atomic mass is 16.7. The van der Waals surface area contributed by atoms with E-state index in [4.69, 9.17) is 9.47 Å². The molecule has 118 valence electrons. The molecule has 0 aliphatic heterocycles. The quantitative estimate of drug-likeness (QED) is 0.616. The second kappa shape index (κ2) is 7.67. The molecule has 0 bridgehead atoms. The van der Waals surface area contributed by atoms with Crippen LogP contribution in [-0.4, -0.2) is 47.5 Å². The molecule has 22 heavy (non-hydrogen) atoms. The fraction of sp³-hybridized carbons (Fsp3) is 0.400. The van der Waals surface area contributed by atoms with E-state index >= 15 is 0 Å². The standard InChI is InChI=1S/C15H20N4O3/c1-11-4-5-14(19-16-6-7-17-19)13(8-11)15(20)18-12(2)9-22-10-21-3/h4-8,12H,9-10H2,1-3H3,(H,18,20)/t12-/m0/s1. The van der Waals surface area contributed by atoms with Crippen molar-refractivity contribution in [2.24, 2.45) is 0 Å². The van der Waals surface area contributed by atoms with E-state index in [0.29, 0.717) is 17.9 Å². The van der Waals surface area contributed by atoms with E-state index in [1.54, 1.807) is 19.5 Å². The number of benzene rings is 1. The lowest BCUT2D eigenvalue weighted by Crippen LogP contribution is -2.36. The molecule has 1 aromatic heterocycles. The summed E-state index contributed by atoms with van der Waals surface area (Å²) < 4.78 is 10.1. The number of nitrogens with zero attached hydrogens (tertiary/aromatic N) is 3. The molecule has 0 fully saturated rings. The Balaban J connectivity index is 2.13. The van der Waals surface area contributed by atoms with Crippen LogP contribution >= 0.6 is 0 Å². The van der Waals surface area contributed by atoms with Gasteiger partial charge in [-0.3, -0.25) is 4.79 Å². The molecule has 0 saturated heterocycles. The molecular weight excluding hydrogens is 284 g/mol. The maximum atomic E-state index is 12.5. The van der Waals surface area contributed by atoms with E-state index in [2.05, 4.69) is 15.5 Å². The van der Waals surface area contributed by atoms with Crippen molar-refractivity contribution in [1.82, 2.24) is 20.3 Å². The highest BCUT2D eigenvalue weighted by Crippen LogP contribution is 2.15. The number of methoxy groups -OCH3 is 1. The molecule has 0 radical (unpaired) electrons. The Hall–Kier alpha value is -2.25. The minimum atomic E-state index is -0.190. The topological polar surface area (TPSA) is 78.3 Å². The third-order valence-corrected chi connectivity index (χ3v) is 2.98. The number of amides is 1. The zero-order valence-corrected chi connectivity index (χ0v) is 12.9. The predicted molar refractivity (Wildman–Crippen MR) is 80.9 cm³/mol. The Morgan fingerprint density at radius 1 is 1.36 bits per heavy atom. The minimum Gasteiger partial charge on any atom is -0.359 e. The van der Waals surface area contributed by atoms with Crippen molar-refractivity contribution in [3.05, 3.63) is 41.7 Å². The summed E-state index contributed by atoms with van der Waals surface area (Å²) in [4.78, 5) is 13.9. The summed E-state index contributed by atoms with van der Waals surface area (Å²) in [5, 5.41) is 11.1. The lowest BCUT2D eigenvalue weighted by molar-refractivity contribution is -0.0359. The molecule has 1 heterocycles. The van der Waals surface area contributed by atoms with E-state index in [1.807, 2.05) is 32.0 Å². The zero-order chi connectivity index (χ0) is 15.9. The third-order valence-electron chi connectivity index (χ3n) is 2.98. The maximum Gasteiger partial charge on any atom is 0.253 e. The van der Waals surface area contributed by atoms with Gasteiger partial charge in [0.25, 0.3) is 5.91 Å². The molecule has 1 amide bonds. The van der Waals surface area contributed by atoms with Gasteiger partial charge in [-0.15, -0.1) is 0 Å². The third kappa shape index (κ3) is 4.12. The van der Waals surface area contributed by atoms with E-state index in [9.17, 15) is 4.79 Å². The van der Waals surface area contributed by atoms with E-state index < -0.39 is 0 Å². The Labute approximate surface area is 129 Å². The first kappa shape index (κ1) is 16.1. The van der Waals surface area contributed by atoms with Gasteiger partial charge >= 0.3 is 0 Å². The normalized spacial score (nSPS) is 12.1. The number of carbonyl (C=O) groups is 1. The van der Waals surface area contributed by atoms with Crippen LogP contribution in [0.4, 0.5) is 0 Å². The number of ether oxygens (including phenoxy) is 2. The summed E-state index contributed by atoms with van der Waals surface area (Å²) in [6.07, 6.45) is 3.14. The molecule has 0 aliphatic rings. The molecule has 1 N–H and O–H groups in total. The number of hydrogen-bond acceptors (Lipinski definition) is 5. The Kier molecular flexibility index (Phi) is 5.62. The number of nitrogens with one attached hydrogen (secondary N) is 1. The maximum absolute atomic E-state index is 12.5. The van der Waals surface area contributed by atoms with Gasteiger partial charge in [0.1, 0.15) is 6.79 Å². The van der Waals surface area contributed by atoms with Gasteiger partial charge in [-0.2, -0.15) is 15.0 Å². The first-order chi connectivity index (χ1) is 10.6. The largest absolute Gasteiger partial charge is 0.359 e. The molecule has 7 nitrogen and oxygen atoms in total. The van der Waals surface area contributed by atoms with Crippen molar-refractivity contribution in [2.45, 2.75) is 19.9 Å². The van der Waals surface area contributed by atoms with Gasteiger partial charge in [-0.1, -0.05) is 11.6 Å². The number of aryl methyl sites for hydroxylation is 1. The highest BCUT2D eigenvalue weighted by molar-refractivity contribution is 5.98. The number of aromatic nitrogens is 3. The van der Waals surface area contributed by atoms with Crippen molar-refractivity contribution < 1.29 is 14.3 Å². The monoisotopic (exact) mass is 304 g/mol. The van der Waals surface area contributed by atoms with Crippen molar-refractivity contribution in [3.8, 4) is 5.69 Å². The number of rotatable bonds is 7. The Morgan fingerprint density at radius 2 is 2.09 bits per heavy atom. The van der Waals surface area contributed by atoms with E-state index in [1.165, 1.54) is 4.80 Å². The van der Waals surface area contributed by atoms with Crippen LogP contribution in [0.15, 0.2) is 30.6 Å². The van der Waals surface area contributed by atoms with Gasteiger partial charge in [-0.05, 0) is 26.0 Å². The van der Waals surface area contributed by atoms with E-state index in [-0.39, 0.29) is 18.7 Å². The smallest absolute Gasteiger partial charge is 0.253 e. The number of hydrogen-bond donors (Lipinski definition) is 1. The molecular formula is C15H20N4O3. The molecule has 1 aromatic carbocycles. The summed E-state index contributed by atoms with van der Waals surface area (Å²) in [6, 6.07) is 5.43. The van der Waals surface area contributed by atoms with Crippen LogP contribution in [0.3, 0.4) is 0 Å². The van der Waals surface area contributed by atoms with Gasteiger partial charge in [0.05, 0.1) is 30.3 Å². The van der Waals surface area contributed by atoms with Crippen molar-refractivity contribution >= 4 is 5.91 Å². The summed E-state index contributed by atoms with van der Waals surface area (Å²) in [7, 11) is 1.55. The SMILES string of the molecule is COCOC[C@H](C)NC(=O)c1cc(C)ccc1-n1nccn1. The van der Waals surface area contributed by atoms with Crippen LogP contribution < -0.4 is 5.32 Å². The lowest BCUT2D eigenvalue weighted by atomic mass is 10.1. The average molecular weight is 304 g/mol. The molecule has 0 saturated carbocycles. The van der Waals surface area contributed by atoms with Crippen LogP contribution in [0.5, 0.6) is 0 Å². The van der Waals surface area contributed by atoms with Crippen molar-refractivity contribution in [2.75, 3.05) is 20.5 Å². The van der Waals surface area contributed by atoms with Gasteiger partial charge in [0, 0.05) is 13.2 Å². The van der Waals surface area contributed by atoms with Crippen LogP contribution in [-0.2, 0) is 9.47 Å². The second-order valence-corrected chi connectivity index (χ2v) is 4.99. The summed E-state index contributed by atoms with van der Waals surface area (Å²) >= 11 is 0. The van der Waals surface area contributed by atoms with Crippen molar-refractivity contribution in [3.63, 3.8) is 0 Å². The fourth-order valence-corrected chi connectivity index (χ4v) is 2.00. The average Bonchev–Trinajstić information content (AvgIpc) is 3.01. The van der Waals surface area contributed by atoms with Gasteiger partial charge in [0.15, 0.2) is 0 Å². The molecule has 1 atom stereocenters. The predicted octanol–water partition coefficient (Wildman–Crippen LogP) is 1.31. The van der Waals surface area contributed by atoms with E-state index in [0.717, 1.165) is 5.56 Å². The van der Waals surface area contributed by atoms with Gasteiger partial charge < -0.3 is 14.8 Å². The van der Waals surface area contributed by atoms with Gasteiger partial charge in [0.2, 0.25) is 0 Å². The summed E-state index contributed by atoms with van der Waals surface area (Å²) in [6.45, 7) is 4.38. The van der Waals surface area contributed by atoms with Gasteiger partial charge in [-0.25, -0.2) is 0 Å². The first-order valence-electron chi connectivity index (χ1n) is 6.96.